The molecule has 19 heavy (non-hydrogen) atoms. The maximum Gasteiger partial charge on any atom is 0.0500 e. The molecule has 1 aliphatic carbocycles. The molecule has 0 aliphatic heterocycles. The predicted octanol–water partition coefficient (Wildman–Crippen LogP) is 4.56. The Kier molecular flexibility index (Phi) is 2.16. The van der Waals surface area contributed by atoms with Crippen LogP contribution in [0.4, 0.5) is 0 Å². The van der Waals surface area contributed by atoms with E-state index in [2.05, 4.69) is 66.5 Å². The SMILES string of the molecule is Cc1c(-c2ccccc2)[nH]c2c1Cc1ccccc1-2. The third-order valence-electron chi connectivity index (χ3n) is 4.10. The number of H-pyrrole nitrogens is 1. The fourth-order valence-corrected chi connectivity index (χ4v) is 3.09. The van der Waals surface area contributed by atoms with Crippen LogP contribution in [0.5, 0.6) is 0 Å². The Hall–Kier alpha value is -2.28. The molecular formula is C18H15N. The van der Waals surface area contributed by atoms with Gasteiger partial charge in [-0.25, -0.2) is 0 Å². The third kappa shape index (κ3) is 1.48. The van der Waals surface area contributed by atoms with Crippen molar-refractivity contribution in [3.05, 3.63) is 71.3 Å². The van der Waals surface area contributed by atoms with Crippen LogP contribution >= 0.6 is 0 Å². The Labute approximate surface area is 112 Å². The summed E-state index contributed by atoms with van der Waals surface area (Å²) in [6, 6.07) is 19.3. The van der Waals surface area contributed by atoms with Gasteiger partial charge in [0.1, 0.15) is 0 Å². The molecule has 4 rings (SSSR count). The number of hydrogen-bond acceptors (Lipinski definition) is 0. The van der Waals surface area contributed by atoms with E-state index in [1.165, 1.54) is 39.2 Å². The van der Waals surface area contributed by atoms with Gasteiger partial charge >= 0.3 is 0 Å². The third-order valence-corrected chi connectivity index (χ3v) is 4.10. The van der Waals surface area contributed by atoms with Crippen molar-refractivity contribution in [2.45, 2.75) is 13.3 Å². The van der Waals surface area contributed by atoms with E-state index in [-0.39, 0.29) is 0 Å². The molecule has 0 spiro atoms. The molecule has 2 aromatic carbocycles. The smallest absolute Gasteiger partial charge is 0.0500 e. The van der Waals surface area contributed by atoms with Gasteiger partial charge in [0.25, 0.3) is 0 Å². The fourth-order valence-electron chi connectivity index (χ4n) is 3.09. The van der Waals surface area contributed by atoms with Crippen molar-refractivity contribution in [3.8, 4) is 22.5 Å². The number of nitrogens with one attached hydrogen (secondary N) is 1. The Balaban J connectivity index is 1.93. The Morgan fingerprint density at radius 3 is 2.42 bits per heavy atom. The zero-order valence-corrected chi connectivity index (χ0v) is 10.9. The molecule has 3 aromatic rings. The second-order valence-electron chi connectivity index (χ2n) is 5.18. The lowest BCUT2D eigenvalue weighted by Gasteiger charge is -2.03. The lowest BCUT2D eigenvalue weighted by Crippen LogP contribution is -1.86. The zero-order valence-electron chi connectivity index (χ0n) is 10.9. The zero-order chi connectivity index (χ0) is 12.8. The molecule has 1 nitrogen and oxygen atoms in total. The standard InChI is InChI=1S/C18H15N/c1-12-16-11-14-9-5-6-10-15(14)18(16)19-17(12)13-7-3-2-4-8-13/h2-10,19H,11H2,1H3. The van der Waals surface area contributed by atoms with Gasteiger partial charge in [0, 0.05) is 23.4 Å². The molecule has 0 bridgehead atoms. The molecular weight excluding hydrogens is 230 g/mol. The van der Waals surface area contributed by atoms with E-state index in [0.717, 1.165) is 6.42 Å². The van der Waals surface area contributed by atoms with Gasteiger partial charge in [-0.1, -0.05) is 54.6 Å². The molecule has 0 unspecified atom stereocenters. The van der Waals surface area contributed by atoms with E-state index in [1.807, 2.05) is 0 Å². The van der Waals surface area contributed by atoms with Gasteiger partial charge in [-0.3, -0.25) is 0 Å². The van der Waals surface area contributed by atoms with Crippen molar-refractivity contribution in [1.82, 2.24) is 4.98 Å². The van der Waals surface area contributed by atoms with Crippen LogP contribution in [0.2, 0.25) is 0 Å². The van der Waals surface area contributed by atoms with Crippen molar-refractivity contribution < 1.29 is 0 Å². The molecule has 0 fully saturated rings. The largest absolute Gasteiger partial charge is 0.354 e. The molecule has 1 N–H and O–H groups in total. The second kappa shape index (κ2) is 3.86. The first-order valence-electron chi connectivity index (χ1n) is 6.70. The average molecular weight is 245 g/mol. The van der Waals surface area contributed by atoms with Crippen LogP contribution in [0, 0.1) is 6.92 Å². The summed E-state index contributed by atoms with van der Waals surface area (Å²) in [4.78, 5) is 3.63. The van der Waals surface area contributed by atoms with E-state index in [9.17, 15) is 0 Å². The summed E-state index contributed by atoms with van der Waals surface area (Å²) < 4.78 is 0. The Morgan fingerprint density at radius 2 is 1.58 bits per heavy atom. The molecule has 0 amide bonds. The molecule has 1 heterocycles. The number of benzene rings is 2. The molecule has 1 heteroatoms. The van der Waals surface area contributed by atoms with Gasteiger partial charge in [-0.2, -0.15) is 0 Å². The highest BCUT2D eigenvalue weighted by Gasteiger charge is 2.24. The summed E-state index contributed by atoms with van der Waals surface area (Å²) in [7, 11) is 0. The highest BCUT2D eigenvalue weighted by molar-refractivity contribution is 5.81. The van der Waals surface area contributed by atoms with E-state index >= 15 is 0 Å². The summed E-state index contributed by atoms with van der Waals surface area (Å²) in [5.74, 6) is 0. The van der Waals surface area contributed by atoms with E-state index in [0.29, 0.717) is 0 Å². The van der Waals surface area contributed by atoms with Gasteiger partial charge in [0.2, 0.25) is 0 Å². The molecule has 1 aromatic heterocycles. The number of aromatic amines is 1. The molecule has 0 saturated carbocycles. The topological polar surface area (TPSA) is 15.8 Å². The maximum atomic E-state index is 3.63. The molecule has 0 saturated heterocycles. The Morgan fingerprint density at radius 1 is 0.842 bits per heavy atom. The quantitative estimate of drug-likeness (QED) is 0.506. The highest BCUT2D eigenvalue weighted by atomic mass is 14.8. The van der Waals surface area contributed by atoms with Gasteiger partial charge < -0.3 is 4.98 Å². The van der Waals surface area contributed by atoms with Crippen LogP contribution in [0.1, 0.15) is 16.7 Å². The molecule has 0 radical (unpaired) electrons. The lowest BCUT2D eigenvalue weighted by atomic mass is 10.0. The van der Waals surface area contributed by atoms with Crippen molar-refractivity contribution >= 4 is 0 Å². The first-order valence-corrected chi connectivity index (χ1v) is 6.70. The molecule has 1 aliphatic rings. The first kappa shape index (κ1) is 10.6. The summed E-state index contributed by atoms with van der Waals surface area (Å²) in [5, 5.41) is 0. The monoisotopic (exact) mass is 245 g/mol. The van der Waals surface area contributed by atoms with Gasteiger partial charge in [-0.05, 0) is 29.2 Å². The minimum absolute atomic E-state index is 1.06. The van der Waals surface area contributed by atoms with Crippen molar-refractivity contribution in [1.29, 1.82) is 0 Å². The first-order chi connectivity index (χ1) is 9.34. The van der Waals surface area contributed by atoms with Crippen molar-refractivity contribution in [3.63, 3.8) is 0 Å². The van der Waals surface area contributed by atoms with Crippen LogP contribution in [-0.2, 0) is 6.42 Å². The van der Waals surface area contributed by atoms with Crippen LogP contribution in [0.3, 0.4) is 0 Å². The fraction of sp³-hybridized carbons (Fsp3) is 0.111. The normalized spacial score (nSPS) is 12.3. The predicted molar refractivity (Wildman–Crippen MR) is 79.2 cm³/mol. The van der Waals surface area contributed by atoms with Crippen LogP contribution in [0.25, 0.3) is 22.5 Å². The number of hydrogen-bond donors (Lipinski definition) is 1. The lowest BCUT2D eigenvalue weighted by molar-refractivity contribution is 1.23. The Bertz CT molecular complexity index is 750. The van der Waals surface area contributed by atoms with E-state index in [4.69, 9.17) is 0 Å². The summed E-state index contributed by atoms with van der Waals surface area (Å²) >= 11 is 0. The average Bonchev–Trinajstić information content (AvgIpc) is 2.98. The summed E-state index contributed by atoms with van der Waals surface area (Å²) in [6.45, 7) is 2.23. The maximum absolute atomic E-state index is 3.63. The van der Waals surface area contributed by atoms with Crippen LogP contribution < -0.4 is 0 Å². The van der Waals surface area contributed by atoms with Crippen molar-refractivity contribution in [2.75, 3.05) is 0 Å². The van der Waals surface area contributed by atoms with Gasteiger partial charge in [0.05, 0.1) is 0 Å². The minimum Gasteiger partial charge on any atom is -0.354 e. The number of fused-ring (bicyclic) bond motifs is 3. The second-order valence-corrected chi connectivity index (χ2v) is 5.18. The van der Waals surface area contributed by atoms with Crippen molar-refractivity contribution in [2.24, 2.45) is 0 Å². The van der Waals surface area contributed by atoms with Gasteiger partial charge in [-0.15, -0.1) is 0 Å². The van der Waals surface area contributed by atoms with E-state index in [1.54, 1.807) is 0 Å². The molecule has 0 atom stereocenters. The highest BCUT2D eigenvalue weighted by Crippen LogP contribution is 2.41. The number of aromatic nitrogens is 1. The van der Waals surface area contributed by atoms with Crippen LogP contribution in [0.15, 0.2) is 54.6 Å². The van der Waals surface area contributed by atoms with E-state index < -0.39 is 0 Å². The van der Waals surface area contributed by atoms with Gasteiger partial charge in [0.15, 0.2) is 0 Å². The number of rotatable bonds is 1. The summed E-state index contributed by atoms with van der Waals surface area (Å²) in [5.41, 5.74) is 9.49. The summed E-state index contributed by atoms with van der Waals surface area (Å²) in [6.07, 6.45) is 1.06. The molecule has 92 valence electrons. The minimum atomic E-state index is 1.06. The van der Waals surface area contributed by atoms with Crippen LogP contribution in [-0.4, -0.2) is 4.98 Å².